The molecule has 2 aliphatic rings. The highest BCUT2D eigenvalue weighted by Gasteiger charge is 2.41. The van der Waals surface area contributed by atoms with Gasteiger partial charge in [-0.2, -0.15) is 0 Å². The molecule has 2 saturated heterocycles. The van der Waals surface area contributed by atoms with Crippen molar-refractivity contribution in [2.75, 3.05) is 13.1 Å². The summed E-state index contributed by atoms with van der Waals surface area (Å²) in [6.45, 7) is 3.15. The average molecular weight is 373 g/mol. The number of hydrogen-bond acceptors (Lipinski definition) is 4. The normalized spacial score (nSPS) is 23.9. The van der Waals surface area contributed by atoms with E-state index in [1.165, 1.54) is 0 Å². The van der Waals surface area contributed by atoms with Gasteiger partial charge in [-0.25, -0.2) is 4.99 Å². The summed E-state index contributed by atoms with van der Waals surface area (Å²) < 4.78 is 5.88. The lowest BCUT2D eigenvalue weighted by atomic mass is 9.96. The van der Waals surface area contributed by atoms with Gasteiger partial charge in [-0.3, -0.25) is 9.59 Å². The molecule has 27 heavy (non-hydrogen) atoms. The molecule has 2 amide bonds. The molecule has 2 aliphatic heterocycles. The second-order valence-electron chi connectivity index (χ2n) is 6.90. The first-order valence-electron chi connectivity index (χ1n) is 9.41. The second-order valence-corrected chi connectivity index (χ2v) is 6.90. The molecule has 0 saturated carbocycles. The summed E-state index contributed by atoms with van der Waals surface area (Å²) in [4.78, 5) is 27.3. The van der Waals surface area contributed by atoms with E-state index in [4.69, 9.17) is 10.5 Å². The second kappa shape index (κ2) is 8.85. The van der Waals surface area contributed by atoms with Gasteiger partial charge in [-0.05, 0) is 43.9 Å². The minimum atomic E-state index is -0.571. The zero-order valence-corrected chi connectivity index (χ0v) is 15.5. The van der Waals surface area contributed by atoms with Gasteiger partial charge in [-0.1, -0.05) is 12.1 Å². The van der Waals surface area contributed by atoms with Crippen LogP contribution in [-0.4, -0.2) is 49.1 Å². The van der Waals surface area contributed by atoms with Gasteiger partial charge in [0, 0.05) is 12.1 Å². The van der Waals surface area contributed by atoms with Crippen molar-refractivity contribution < 1.29 is 14.3 Å². The van der Waals surface area contributed by atoms with E-state index in [0.29, 0.717) is 24.3 Å². The number of nitrogens with zero attached hydrogens (tertiary/aromatic N) is 1. The third-order valence-electron chi connectivity index (χ3n) is 4.83. The summed E-state index contributed by atoms with van der Waals surface area (Å²) in [6, 6.07) is 7.45. The number of guanidine groups is 1. The largest absolute Gasteiger partial charge is 0.373 e. The van der Waals surface area contributed by atoms with Gasteiger partial charge >= 0.3 is 0 Å². The molecule has 5 N–H and O–H groups in total. The molecule has 8 heteroatoms. The molecule has 0 aliphatic carbocycles. The number of aliphatic imine (C=N–C) groups is 1. The number of carbonyl (C=O) groups excluding carboxylic acids is 2. The highest BCUT2D eigenvalue weighted by atomic mass is 16.5. The molecule has 3 unspecified atom stereocenters. The number of amides is 2. The third kappa shape index (κ3) is 5.19. The smallest absolute Gasteiger partial charge is 0.251 e. The van der Waals surface area contributed by atoms with E-state index < -0.39 is 5.91 Å². The number of hydrogen-bond donors (Lipinski definition) is 4. The van der Waals surface area contributed by atoms with Crippen molar-refractivity contribution in [3.05, 3.63) is 35.4 Å². The standard InChI is InChI=1S/C19H27N5O3/c1-2-21-19(24-15-9-14-7-8-16(15)27-14)23-10-12-3-5-13(6-4-12)18(26)22-11-17(20)25/h3-6,14-16H,2,7-11H2,1H3,(H2,20,25)(H,22,26)(H2,21,23,24). The molecular formula is C19H27N5O3. The molecule has 8 nitrogen and oxygen atoms in total. The minimum Gasteiger partial charge on any atom is -0.373 e. The van der Waals surface area contributed by atoms with Crippen molar-refractivity contribution in [3.63, 3.8) is 0 Å². The van der Waals surface area contributed by atoms with Crippen LogP contribution in [0.4, 0.5) is 0 Å². The zero-order chi connectivity index (χ0) is 19.2. The molecule has 2 fully saturated rings. The summed E-state index contributed by atoms with van der Waals surface area (Å²) >= 11 is 0. The van der Waals surface area contributed by atoms with E-state index in [1.54, 1.807) is 12.1 Å². The predicted molar refractivity (Wildman–Crippen MR) is 102 cm³/mol. The number of rotatable bonds is 7. The van der Waals surface area contributed by atoms with Crippen LogP contribution < -0.4 is 21.7 Å². The van der Waals surface area contributed by atoms with Crippen molar-refractivity contribution in [1.29, 1.82) is 0 Å². The van der Waals surface area contributed by atoms with E-state index in [9.17, 15) is 9.59 Å². The van der Waals surface area contributed by atoms with Crippen molar-refractivity contribution in [2.45, 2.75) is 51.0 Å². The summed E-state index contributed by atoms with van der Waals surface area (Å²) in [7, 11) is 0. The van der Waals surface area contributed by atoms with E-state index in [2.05, 4.69) is 20.9 Å². The van der Waals surface area contributed by atoms with Gasteiger partial charge in [0.1, 0.15) is 0 Å². The fourth-order valence-electron chi connectivity index (χ4n) is 3.49. The summed E-state index contributed by atoms with van der Waals surface area (Å²) in [5.41, 5.74) is 6.49. The Labute approximate surface area is 158 Å². The minimum absolute atomic E-state index is 0.171. The quantitative estimate of drug-likeness (QED) is 0.404. The number of primary amides is 1. The number of ether oxygens (including phenoxy) is 1. The van der Waals surface area contributed by atoms with Crippen LogP contribution in [-0.2, 0) is 16.1 Å². The molecule has 0 radical (unpaired) electrons. The molecular weight excluding hydrogens is 346 g/mol. The summed E-state index contributed by atoms with van der Waals surface area (Å²) in [5, 5.41) is 9.22. The Hall–Kier alpha value is -2.61. The van der Waals surface area contributed by atoms with Gasteiger partial charge in [0.15, 0.2) is 5.96 Å². The van der Waals surface area contributed by atoms with Crippen molar-refractivity contribution >= 4 is 17.8 Å². The monoisotopic (exact) mass is 373 g/mol. The summed E-state index contributed by atoms with van der Waals surface area (Å²) in [5.74, 6) is -0.115. The first kappa shape index (κ1) is 19.2. The van der Waals surface area contributed by atoms with E-state index in [0.717, 1.165) is 37.3 Å². The number of benzene rings is 1. The highest BCUT2D eigenvalue weighted by molar-refractivity contribution is 5.96. The molecule has 2 bridgehead atoms. The number of fused-ring (bicyclic) bond motifs is 2. The highest BCUT2D eigenvalue weighted by Crippen LogP contribution is 2.34. The molecule has 2 heterocycles. The van der Waals surface area contributed by atoms with Gasteiger partial charge in [0.25, 0.3) is 5.91 Å². The molecule has 0 aromatic heterocycles. The molecule has 3 rings (SSSR count). The van der Waals surface area contributed by atoms with Crippen molar-refractivity contribution in [3.8, 4) is 0 Å². The maximum Gasteiger partial charge on any atom is 0.251 e. The summed E-state index contributed by atoms with van der Waals surface area (Å²) in [6.07, 6.45) is 3.99. The third-order valence-corrected chi connectivity index (χ3v) is 4.83. The first-order valence-corrected chi connectivity index (χ1v) is 9.41. The van der Waals surface area contributed by atoms with E-state index in [1.807, 2.05) is 19.1 Å². The average Bonchev–Trinajstić information content (AvgIpc) is 3.28. The maximum atomic E-state index is 11.9. The fourth-order valence-corrected chi connectivity index (χ4v) is 3.49. The van der Waals surface area contributed by atoms with Crippen LogP contribution in [0.5, 0.6) is 0 Å². The maximum absolute atomic E-state index is 11.9. The van der Waals surface area contributed by atoms with E-state index in [-0.39, 0.29) is 18.6 Å². The van der Waals surface area contributed by atoms with Crippen LogP contribution in [0.2, 0.25) is 0 Å². The zero-order valence-electron chi connectivity index (χ0n) is 15.5. The predicted octanol–water partition coefficient (Wildman–Crippen LogP) is 0.277. The Morgan fingerprint density at radius 1 is 1.22 bits per heavy atom. The fraction of sp³-hybridized carbons (Fsp3) is 0.526. The van der Waals surface area contributed by atoms with Crippen molar-refractivity contribution in [2.24, 2.45) is 10.7 Å². The van der Waals surface area contributed by atoms with Crippen LogP contribution in [0.25, 0.3) is 0 Å². The van der Waals surface area contributed by atoms with Gasteiger partial charge < -0.3 is 26.4 Å². The molecule has 1 aromatic carbocycles. The molecule has 0 spiro atoms. The Kier molecular flexibility index (Phi) is 6.28. The van der Waals surface area contributed by atoms with Crippen LogP contribution in [0.3, 0.4) is 0 Å². The molecule has 1 aromatic rings. The lowest BCUT2D eigenvalue weighted by Gasteiger charge is -2.22. The Bertz CT molecular complexity index is 704. The Morgan fingerprint density at radius 2 is 2.00 bits per heavy atom. The lowest BCUT2D eigenvalue weighted by molar-refractivity contribution is -0.117. The van der Waals surface area contributed by atoms with Gasteiger partial charge in [0.05, 0.1) is 31.3 Å². The van der Waals surface area contributed by atoms with Crippen molar-refractivity contribution in [1.82, 2.24) is 16.0 Å². The van der Waals surface area contributed by atoms with Gasteiger partial charge in [-0.15, -0.1) is 0 Å². The number of carbonyl (C=O) groups is 2. The molecule has 146 valence electrons. The van der Waals surface area contributed by atoms with Crippen LogP contribution >= 0.6 is 0 Å². The SMILES string of the molecule is CCNC(=NCc1ccc(C(=O)NCC(N)=O)cc1)NC1CC2CCC1O2. The van der Waals surface area contributed by atoms with Crippen LogP contribution in [0.1, 0.15) is 42.1 Å². The van der Waals surface area contributed by atoms with Crippen LogP contribution in [0.15, 0.2) is 29.3 Å². The van der Waals surface area contributed by atoms with Gasteiger partial charge in [0.2, 0.25) is 5.91 Å². The topological polar surface area (TPSA) is 118 Å². The molecule has 3 atom stereocenters. The van der Waals surface area contributed by atoms with Crippen LogP contribution in [0, 0.1) is 0 Å². The lowest BCUT2D eigenvalue weighted by Crippen LogP contribution is -2.47. The first-order chi connectivity index (χ1) is 13.0. The van der Waals surface area contributed by atoms with E-state index >= 15 is 0 Å². The number of nitrogens with two attached hydrogens (primary N) is 1. The Morgan fingerprint density at radius 3 is 2.59 bits per heavy atom. The Balaban J connectivity index is 1.55. The number of nitrogens with one attached hydrogen (secondary N) is 3.